The first kappa shape index (κ1) is 55.2. The maximum Gasteiger partial charge on any atom is 0.241 e. The Labute approximate surface area is 452 Å². The van der Waals surface area contributed by atoms with Crippen LogP contribution in [0.2, 0.25) is 0 Å². The summed E-state index contributed by atoms with van der Waals surface area (Å²) in [6, 6.07) is 66.8. The Morgan fingerprint density at radius 3 is 1.20 bits per heavy atom. The van der Waals surface area contributed by atoms with E-state index in [0.29, 0.717) is 12.4 Å². The zero-order chi connectivity index (χ0) is 52.2. The molecule has 10 atom stereocenters. The summed E-state index contributed by atoms with van der Waals surface area (Å²) in [6.07, 6.45) is -7.29. The number of nitrogens with one attached hydrogen (secondary N) is 1. The van der Waals surface area contributed by atoms with Gasteiger partial charge in [0.05, 0.1) is 63.8 Å². The second-order valence-corrected chi connectivity index (χ2v) is 21.7. The van der Waals surface area contributed by atoms with Gasteiger partial charge >= 0.3 is 0 Å². The first-order valence-corrected chi connectivity index (χ1v) is 28.4. The van der Waals surface area contributed by atoms with Crippen LogP contribution in [0.1, 0.15) is 40.3 Å². The molecule has 0 unspecified atom stereocenters. The molecule has 76 heavy (non-hydrogen) atoms. The standard InChI is InChI=1S/C62H67NO11S2/c1-2-75-62-55(63-76(64,65)52-36-22-9-23-37-52)58(69-41-49-30-16-6-17-31-49)57(54(73-62)45-67-39-47-26-12-4-13-27-47)74-61-60(71-43-51-34-20-8-21-35-51)59(70-42-50-32-18-7-19-33-50)56(68-40-48-28-14-5-15-29-48)53(72-61)44-66-38-46-24-10-3-11-25-46/h3-37,53-63H,2,38-45H2,1H3/t53-,54-,55-,56+,57-,58-,59+,60-,61+,62+/m1/s1. The topological polar surface area (TPSA) is 129 Å². The zero-order valence-electron chi connectivity index (χ0n) is 42.7. The Hall–Kier alpha value is -5.56. The highest BCUT2D eigenvalue weighted by molar-refractivity contribution is 7.99. The molecule has 0 radical (unpaired) electrons. The summed E-state index contributed by atoms with van der Waals surface area (Å²) in [5.74, 6) is 0.610. The van der Waals surface area contributed by atoms with Crippen LogP contribution in [-0.2, 0) is 92.3 Å². The largest absolute Gasteiger partial charge is 0.374 e. The summed E-state index contributed by atoms with van der Waals surface area (Å²) in [7, 11) is -4.14. The number of sulfonamides is 1. The van der Waals surface area contributed by atoms with Gasteiger partial charge in [-0.15, -0.1) is 11.8 Å². The van der Waals surface area contributed by atoms with E-state index in [1.54, 1.807) is 30.3 Å². The van der Waals surface area contributed by atoms with Crippen LogP contribution >= 0.6 is 11.8 Å². The third-order valence-electron chi connectivity index (χ3n) is 13.1. The van der Waals surface area contributed by atoms with Gasteiger partial charge in [0.2, 0.25) is 10.0 Å². The highest BCUT2D eigenvalue weighted by Crippen LogP contribution is 2.38. The van der Waals surface area contributed by atoms with Gasteiger partial charge in [-0.3, -0.25) is 0 Å². The normalized spacial score (nSPS) is 23.8. The molecule has 0 spiro atoms. The van der Waals surface area contributed by atoms with Crippen LogP contribution in [0.5, 0.6) is 0 Å². The van der Waals surface area contributed by atoms with Gasteiger partial charge in [-0.25, -0.2) is 13.1 Å². The van der Waals surface area contributed by atoms with E-state index in [9.17, 15) is 8.42 Å². The van der Waals surface area contributed by atoms with Crippen LogP contribution in [0.3, 0.4) is 0 Å². The molecule has 2 saturated heterocycles. The number of ether oxygens (including phenoxy) is 9. The lowest BCUT2D eigenvalue weighted by Gasteiger charge is -2.50. The van der Waals surface area contributed by atoms with Crippen molar-refractivity contribution >= 4 is 21.8 Å². The maximum atomic E-state index is 14.5. The van der Waals surface area contributed by atoms with Crippen molar-refractivity contribution in [2.24, 2.45) is 0 Å². The molecule has 0 amide bonds. The molecular weight excluding hydrogens is 999 g/mol. The van der Waals surface area contributed by atoms with Crippen molar-refractivity contribution in [3.05, 3.63) is 246 Å². The molecule has 0 aliphatic carbocycles. The lowest BCUT2D eigenvalue weighted by atomic mass is 9.95. The van der Waals surface area contributed by atoms with Crippen LogP contribution in [0.15, 0.2) is 217 Å². The van der Waals surface area contributed by atoms with Gasteiger partial charge < -0.3 is 42.6 Å². The number of thioether (sulfide) groups is 1. The monoisotopic (exact) mass is 1070 g/mol. The van der Waals surface area contributed by atoms with Gasteiger partial charge in [-0.2, -0.15) is 0 Å². The van der Waals surface area contributed by atoms with Crippen molar-refractivity contribution in [1.29, 1.82) is 0 Å². The van der Waals surface area contributed by atoms with Crippen molar-refractivity contribution in [2.75, 3.05) is 19.0 Å². The number of benzene rings is 7. The molecule has 9 rings (SSSR count). The molecule has 2 fully saturated rings. The Morgan fingerprint density at radius 2 is 0.776 bits per heavy atom. The molecule has 1 N–H and O–H groups in total. The highest BCUT2D eigenvalue weighted by Gasteiger charge is 2.54. The Bertz CT molecular complexity index is 2830. The predicted molar refractivity (Wildman–Crippen MR) is 293 cm³/mol. The maximum absolute atomic E-state index is 14.5. The second-order valence-electron chi connectivity index (χ2n) is 18.6. The fourth-order valence-corrected chi connectivity index (χ4v) is 11.7. The molecule has 7 aromatic rings. The molecular formula is C62H67NO11S2. The van der Waals surface area contributed by atoms with Crippen molar-refractivity contribution in [2.45, 2.75) is 112 Å². The van der Waals surface area contributed by atoms with Gasteiger partial charge in [-0.05, 0) is 51.3 Å². The van der Waals surface area contributed by atoms with Crippen molar-refractivity contribution in [1.82, 2.24) is 4.72 Å². The van der Waals surface area contributed by atoms with Crippen molar-refractivity contribution < 1.29 is 51.0 Å². The van der Waals surface area contributed by atoms with E-state index >= 15 is 0 Å². The molecule has 398 valence electrons. The first-order valence-electron chi connectivity index (χ1n) is 25.9. The number of hydrogen-bond acceptors (Lipinski definition) is 12. The SMILES string of the molecule is CCS[C@@H]1O[C@H](COCc2ccccc2)[C@@H](O[C@@H]2O[C@H](COCc3ccccc3)[C@H](OCc3ccccc3)[C@H](OCc3ccccc3)[C@H]2OCc2ccccc2)[C@H](OCc2ccccc2)[C@H]1NS(=O)(=O)c1ccccc1. The predicted octanol–water partition coefficient (Wildman–Crippen LogP) is 10.7. The Kier molecular flexibility index (Phi) is 20.9. The summed E-state index contributed by atoms with van der Waals surface area (Å²) in [4.78, 5) is 0.103. The molecule has 0 bridgehead atoms. The third-order valence-corrected chi connectivity index (χ3v) is 15.7. The van der Waals surface area contributed by atoms with Gasteiger partial charge in [-0.1, -0.05) is 207 Å². The van der Waals surface area contributed by atoms with Crippen LogP contribution in [0.4, 0.5) is 0 Å². The fraction of sp³-hybridized carbons (Fsp3) is 0.323. The van der Waals surface area contributed by atoms with Crippen molar-refractivity contribution in [3.63, 3.8) is 0 Å². The summed E-state index contributed by atoms with van der Waals surface area (Å²) < 4.78 is 95.2. The van der Waals surface area contributed by atoms with Gasteiger partial charge in [0.15, 0.2) is 6.29 Å². The Morgan fingerprint density at radius 1 is 0.421 bits per heavy atom. The van der Waals surface area contributed by atoms with E-state index in [1.165, 1.54) is 11.8 Å². The summed E-state index contributed by atoms with van der Waals surface area (Å²) in [6.45, 7) is 3.54. The first-order chi connectivity index (χ1) is 37.4. The van der Waals surface area contributed by atoms with E-state index in [4.69, 9.17) is 42.6 Å². The lowest BCUT2D eigenvalue weighted by Crippen LogP contribution is -2.68. The zero-order valence-corrected chi connectivity index (χ0v) is 44.3. The minimum atomic E-state index is -4.14. The van der Waals surface area contributed by atoms with Crippen LogP contribution in [0, 0.1) is 0 Å². The van der Waals surface area contributed by atoms with E-state index < -0.39 is 70.5 Å². The second kappa shape index (κ2) is 28.7. The minimum absolute atomic E-state index is 0.0618. The van der Waals surface area contributed by atoms with Crippen LogP contribution < -0.4 is 4.72 Å². The molecule has 7 aromatic carbocycles. The van der Waals surface area contributed by atoms with Gasteiger partial charge in [0.1, 0.15) is 48.2 Å². The highest BCUT2D eigenvalue weighted by atomic mass is 32.2. The van der Waals surface area contributed by atoms with E-state index in [2.05, 4.69) is 4.72 Å². The quantitative estimate of drug-likeness (QED) is 0.0526. The third kappa shape index (κ3) is 15.8. The molecule has 14 heteroatoms. The molecule has 12 nitrogen and oxygen atoms in total. The molecule has 2 heterocycles. The number of hydrogen-bond donors (Lipinski definition) is 1. The summed E-state index contributed by atoms with van der Waals surface area (Å²) >= 11 is 1.48. The van der Waals surface area contributed by atoms with E-state index in [-0.39, 0.29) is 51.1 Å². The average Bonchev–Trinajstić information content (AvgIpc) is 3.50. The smallest absolute Gasteiger partial charge is 0.241 e. The molecule has 2 aliphatic heterocycles. The lowest BCUT2D eigenvalue weighted by molar-refractivity contribution is -0.354. The Balaban J connectivity index is 1.14. The molecule has 2 aliphatic rings. The summed E-state index contributed by atoms with van der Waals surface area (Å²) in [5.41, 5.74) is 4.96. The minimum Gasteiger partial charge on any atom is -0.374 e. The van der Waals surface area contributed by atoms with Crippen molar-refractivity contribution in [3.8, 4) is 0 Å². The van der Waals surface area contributed by atoms with Crippen LogP contribution in [-0.4, -0.2) is 87.9 Å². The number of rotatable bonds is 27. The van der Waals surface area contributed by atoms with E-state index in [0.717, 1.165) is 33.4 Å². The van der Waals surface area contributed by atoms with E-state index in [1.807, 2.05) is 189 Å². The van der Waals surface area contributed by atoms with Gasteiger partial charge in [0, 0.05) is 0 Å². The summed E-state index contributed by atoms with van der Waals surface area (Å²) in [5, 5.41) is 0. The average molecular weight is 1070 g/mol. The molecule has 0 aromatic heterocycles. The fourth-order valence-electron chi connectivity index (χ4n) is 9.32. The van der Waals surface area contributed by atoms with Gasteiger partial charge in [0.25, 0.3) is 0 Å². The van der Waals surface area contributed by atoms with Crippen LogP contribution in [0.25, 0.3) is 0 Å². The molecule has 0 saturated carbocycles.